The molecule has 0 radical (unpaired) electrons. The molecule has 38 heavy (non-hydrogen) atoms. The summed E-state index contributed by atoms with van der Waals surface area (Å²) in [7, 11) is 0. The zero-order valence-electron chi connectivity index (χ0n) is 26.0. The molecule has 0 saturated carbocycles. The number of unbranched alkanes of at least 4 members (excludes halogenated alkanes) is 20. The van der Waals surface area contributed by atoms with Gasteiger partial charge in [0, 0.05) is 12.8 Å². The minimum Gasteiger partial charge on any atom is -0.466 e. The molecule has 0 saturated heterocycles. The lowest BCUT2D eigenvalue weighted by Gasteiger charge is -2.06. The lowest BCUT2D eigenvalue weighted by molar-refractivity contribution is -0.144. The predicted molar refractivity (Wildman–Crippen MR) is 162 cm³/mol. The Morgan fingerprint density at radius 2 is 0.763 bits per heavy atom. The number of carbonyl (C=O) groups excluding carboxylic acids is 2. The molecule has 0 spiro atoms. The van der Waals surface area contributed by atoms with Crippen LogP contribution in [0.5, 0.6) is 0 Å². The molecule has 0 fully saturated rings. The van der Waals surface area contributed by atoms with Gasteiger partial charge in [-0.05, 0) is 31.6 Å². The van der Waals surface area contributed by atoms with Gasteiger partial charge in [0.05, 0.1) is 13.2 Å². The van der Waals surface area contributed by atoms with E-state index in [1.807, 2.05) is 0 Å². The van der Waals surface area contributed by atoms with Crippen molar-refractivity contribution in [2.45, 2.75) is 188 Å². The van der Waals surface area contributed by atoms with E-state index in [-0.39, 0.29) is 11.9 Å². The Kier molecular flexibility index (Phi) is 29.6. The summed E-state index contributed by atoms with van der Waals surface area (Å²) in [6.07, 6.45) is 30.4. The van der Waals surface area contributed by atoms with Gasteiger partial charge in [-0.15, -0.1) is 0 Å². The number of carbonyl (C=O) groups is 2. The number of hydrogen-bond acceptors (Lipinski definition) is 4. The highest BCUT2D eigenvalue weighted by Gasteiger charge is 2.04. The summed E-state index contributed by atoms with van der Waals surface area (Å²) in [5.41, 5.74) is 0. The highest BCUT2D eigenvalue weighted by Crippen LogP contribution is 2.13. The fourth-order valence-corrected chi connectivity index (χ4v) is 4.89. The second-order valence-corrected chi connectivity index (χ2v) is 11.9. The van der Waals surface area contributed by atoms with E-state index >= 15 is 0 Å². The molecule has 4 heteroatoms. The Balaban J connectivity index is 3.25. The van der Waals surface area contributed by atoms with E-state index in [1.165, 1.54) is 116 Å². The van der Waals surface area contributed by atoms with Gasteiger partial charge in [-0.2, -0.15) is 0 Å². The molecular formula is C34H66O4. The molecule has 0 rings (SSSR count). The zero-order valence-corrected chi connectivity index (χ0v) is 26.0. The van der Waals surface area contributed by atoms with Gasteiger partial charge in [0.25, 0.3) is 0 Å². The van der Waals surface area contributed by atoms with Crippen LogP contribution in [0.2, 0.25) is 0 Å². The summed E-state index contributed by atoms with van der Waals surface area (Å²) in [6, 6.07) is 0. The maximum atomic E-state index is 11.8. The number of rotatable bonds is 30. The van der Waals surface area contributed by atoms with Gasteiger partial charge < -0.3 is 9.47 Å². The van der Waals surface area contributed by atoms with Crippen molar-refractivity contribution in [2.75, 3.05) is 13.2 Å². The quantitative estimate of drug-likeness (QED) is 0.0674. The Morgan fingerprint density at radius 3 is 1.13 bits per heavy atom. The monoisotopic (exact) mass is 538 g/mol. The van der Waals surface area contributed by atoms with Crippen LogP contribution in [0.1, 0.15) is 188 Å². The van der Waals surface area contributed by atoms with E-state index < -0.39 is 0 Å². The van der Waals surface area contributed by atoms with Crippen molar-refractivity contribution in [1.29, 1.82) is 0 Å². The minimum absolute atomic E-state index is 0.0199. The molecule has 0 aromatic heterocycles. The van der Waals surface area contributed by atoms with Crippen LogP contribution in [-0.4, -0.2) is 25.2 Å². The fraction of sp³-hybridized carbons (Fsp3) is 0.941. The molecule has 0 aliphatic carbocycles. The summed E-state index contributed by atoms with van der Waals surface area (Å²) < 4.78 is 10.8. The van der Waals surface area contributed by atoms with Crippen molar-refractivity contribution in [3.05, 3.63) is 0 Å². The normalized spacial score (nSPS) is 11.3. The van der Waals surface area contributed by atoms with Gasteiger partial charge in [-0.25, -0.2) is 0 Å². The molecule has 0 amide bonds. The van der Waals surface area contributed by atoms with Crippen LogP contribution in [0.4, 0.5) is 0 Å². The van der Waals surface area contributed by atoms with Gasteiger partial charge in [-0.3, -0.25) is 9.59 Å². The van der Waals surface area contributed by atoms with Crippen LogP contribution >= 0.6 is 0 Å². The second-order valence-electron chi connectivity index (χ2n) is 11.9. The number of esters is 2. The van der Waals surface area contributed by atoms with Crippen molar-refractivity contribution in [3.63, 3.8) is 0 Å². The fourth-order valence-electron chi connectivity index (χ4n) is 4.89. The smallest absolute Gasteiger partial charge is 0.305 e. The minimum atomic E-state index is -0.0216. The third-order valence-corrected chi connectivity index (χ3v) is 7.46. The highest BCUT2D eigenvalue weighted by molar-refractivity contribution is 5.69. The topological polar surface area (TPSA) is 52.6 Å². The van der Waals surface area contributed by atoms with Crippen molar-refractivity contribution in [3.8, 4) is 0 Å². The van der Waals surface area contributed by atoms with Crippen LogP contribution in [0.3, 0.4) is 0 Å². The lowest BCUT2D eigenvalue weighted by atomic mass is 10.0. The lowest BCUT2D eigenvalue weighted by Crippen LogP contribution is -2.05. The van der Waals surface area contributed by atoms with Gasteiger partial charge in [0.2, 0.25) is 0 Å². The SMILES string of the molecule is CCCCCCCCCCCOC(=O)CCCCCCCCCCC(=O)OCCCCCCCCC(C)C. The highest BCUT2D eigenvalue weighted by atomic mass is 16.5. The molecule has 0 unspecified atom stereocenters. The summed E-state index contributed by atoms with van der Waals surface area (Å²) in [4.78, 5) is 23.7. The van der Waals surface area contributed by atoms with Crippen molar-refractivity contribution >= 4 is 11.9 Å². The van der Waals surface area contributed by atoms with E-state index in [0.29, 0.717) is 26.1 Å². The molecule has 0 bridgehead atoms. The van der Waals surface area contributed by atoms with Crippen LogP contribution in [0.15, 0.2) is 0 Å². The van der Waals surface area contributed by atoms with Gasteiger partial charge in [0.1, 0.15) is 0 Å². The average molecular weight is 539 g/mol. The number of ether oxygens (including phenoxy) is 2. The van der Waals surface area contributed by atoms with E-state index in [4.69, 9.17) is 9.47 Å². The first kappa shape index (κ1) is 36.9. The molecule has 0 aromatic rings. The molecule has 0 N–H and O–H groups in total. The molecule has 4 nitrogen and oxygen atoms in total. The van der Waals surface area contributed by atoms with E-state index in [2.05, 4.69) is 20.8 Å². The summed E-state index contributed by atoms with van der Waals surface area (Å²) in [5.74, 6) is 0.780. The van der Waals surface area contributed by atoms with Crippen molar-refractivity contribution in [2.24, 2.45) is 5.92 Å². The molecule has 0 atom stereocenters. The van der Waals surface area contributed by atoms with Crippen LogP contribution < -0.4 is 0 Å². The van der Waals surface area contributed by atoms with Gasteiger partial charge >= 0.3 is 11.9 Å². The number of hydrogen-bond donors (Lipinski definition) is 0. The van der Waals surface area contributed by atoms with Gasteiger partial charge in [0.15, 0.2) is 0 Å². The van der Waals surface area contributed by atoms with Crippen LogP contribution in [0.25, 0.3) is 0 Å². The Bertz CT molecular complexity index is 503. The summed E-state index contributed by atoms with van der Waals surface area (Å²) in [6.45, 7) is 8.03. The van der Waals surface area contributed by atoms with Crippen molar-refractivity contribution < 1.29 is 19.1 Å². The standard InChI is InChI=1S/C34H66O4/c1-4-5-6-7-8-11-15-20-25-30-37-33(35)28-23-18-12-9-10-13-19-24-29-34(36)38-31-26-21-16-14-17-22-27-32(2)3/h32H,4-31H2,1-3H3. The summed E-state index contributed by atoms with van der Waals surface area (Å²) in [5, 5.41) is 0. The van der Waals surface area contributed by atoms with Crippen LogP contribution in [0, 0.1) is 5.92 Å². The third kappa shape index (κ3) is 31.2. The molecule has 226 valence electrons. The van der Waals surface area contributed by atoms with Crippen LogP contribution in [-0.2, 0) is 19.1 Å². The largest absolute Gasteiger partial charge is 0.466 e. The van der Waals surface area contributed by atoms with Gasteiger partial charge in [-0.1, -0.05) is 149 Å². The van der Waals surface area contributed by atoms with E-state index in [1.54, 1.807) is 0 Å². The molecule has 0 aliphatic rings. The van der Waals surface area contributed by atoms with E-state index in [9.17, 15) is 9.59 Å². The predicted octanol–water partition coefficient (Wildman–Crippen LogP) is 10.9. The molecule has 0 heterocycles. The summed E-state index contributed by atoms with van der Waals surface area (Å²) >= 11 is 0. The maximum Gasteiger partial charge on any atom is 0.305 e. The first-order chi connectivity index (χ1) is 18.6. The molecule has 0 aliphatic heterocycles. The Hall–Kier alpha value is -1.06. The Labute approximate surface area is 237 Å². The molecular weight excluding hydrogens is 472 g/mol. The Morgan fingerprint density at radius 1 is 0.447 bits per heavy atom. The van der Waals surface area contributed by atoms with E-state index in [0.717, 1.165) is 44.4 Å². The third-order valence-electron chi connectivity index (χ3n) is 7.46. The maximum absolute atomic E-state index is 11.8. The zero-order chi connectivity index (χ0) is 27.9. The average Bonchev–Trinajstić information content (AvgIpc) is 2.89. The first-order valence-corrected chi connectivity index (χ1v) is 16.9. The van der Waals surface area contributed by atoms with Crippen molar-refractivity contribution in [1.82, 2.24) is 0 Å². The second kappa shape index (κ2) is 30.5. The first-order valence-electron chi connectivity index (χ1n) is 16.9. The molecule has 0 aromatic carbocycles.